The van der Waals surface area contributed by atoms with Crippen LogP contribution in [0.4, 0.5) is 0 Å². The van der Waals surface area contributed by atoms with Crippen LogP contribution >= 0.6 is 0 Å². The maximum Gasteiger partial charge on any atom is 0.310 e. The summed E-state index contributed by atoms with van der Waals surface area (Å²) in [5.41, 5.74) is 1.27. The Morgan fingerprint density at radius 2 is 1.74 bits per heavy atom. The average Bonchev–Trinajstić information content (AvgIpc) is 3.24. The van der Waals surface area contributed by atoms with E-state index in [1.165, 1.54) is 0 Å². The summed E-state index contributed by atoms with van der Waals surface area (Å²) in [5.74, 6) is 0.831. The number of hydrogen-bond donors (Lipinski definition) is 0. The second kappa shape index (κ2) is 7.78. The van der Waals surface area contributed by atoms with Gasteiger partial charge >= 0.3 is 5.97 Å². The van der Waals surface area contributed by atoms with Crippen molar-refractivity contribution >= 4 is 12.3 Å². The third kappa shape index (κ3) is 4.11. The van der Waals surface area contributed by atoms with Crippen LogP contribution < -0.4 is 4.74 Å². The van der Waals surface area contributed by atoms with Crippen molar-refractivity contribution in [3.63, 3.8) is 0 Å². The van der Waals surface area contributed by atoms with Crippen LogP contribution in [0.3, 0.4) is 0 Å². The number of benzene rings is 2. The van der Waals surface area contributed by atoms with Gasteiger partial charge in [-0.3, -0.25) is 9.59 Å². The molecule has 0 amide bonds. The van der Waals surface area contributed by atoms with E-state index >= 15 is 0 Å². The highest BCUT2D eigenvalue weighted by atomic mass is 16.5. The predicted molar refractivity (Wildman–Crippen MR) is 103 cm³/mol. The largest absolute Gasteiger partial charge is 0.461 e. The molecule has 0 bridgehead atoms. The van der Waals surface area contributed by atoms with Crippen molar-refractivity contribution in [1.29, 1.82) is 0 Å². The third-order valence-electron chi connectivity index (χ3n) is 5.17. The lowest BCUT2D eigenvalue weighted by atomic mass is 10.0. The molecule has 2 aromatic rings. The summed E-state index contributed by atoms with van der Waals surface area (Å²) in [6.45, 7) is 5.98. The first kappa shape index (κ1) is 18.9. The van der Waals surface area contributed by atoms with Gasteiger partial charge in [0.05, 0.1) is 5.92 Å². The molecule has 3 rings (SSSR count). The van der Waals surface area contributed by atoms with Crippen molar-refractivity contribution in [2.45, 2.75) is 27.4 Å². The molecule has 1 saturated carbocycles. The fourth-order valence-corrected chi connectivity index (χ4v) is 3.59. The van der Waals surface area contributed by atoms with Gasteiger partial charge in [0.25, 0.3) is 0 Å². The van der Waals surface area contributed by atoms with E-state index in [1.54, 1.807) is 6.08 Å². The molecular formula is C23H24O4. The Morgan fingerprint density at radius 3 is 2.41 bits per heavy atom. The first-order chi connectivity index (χ1) is 13.0. The molecule has 0 heterocycles. The third-order valence-corrected chi connectivity index (χ3v) is 5.17. The number of hydrogen-bond acceptors (Lipinski definition) is 4. The normalized spacial score (nSPS) is 20.6. The molecule has 0 N–H and O–H groups in total. The molecule has 4 heteroatoms. The van der Waals surface area contributed by atoms with Gasteiger partial charge < -0.3 is 9.47 Å². The Balaban J connectivity index is 1.61. The molecule has 2 unspecified atom stereocenters. The highest BCUT2D eigenvalue weighted by Crippen LogP contribution is 2.61. The maximum atomic E-state index is 12.5. The standard InChI is InChI=1S/C23H24O4/c1-4-17(14-24)20-21(23(20,2)3)22(25)26-15-16-9-8-12-19(13-16)27-18-10-6-5-7-11-18/h4-14,20-21H,15H2,1-3H3/b17-4-. The number of aldehydes is 1. The van der Waals surface area contributed by atoms with Gasteiger partial charge in [0, 0.05) is 5.92 Å². The van der Waals surface area contributed by atoms with E-state index in [4.69, 9.17) is 9.47 Å². The lowest BCUT2D eigenvalue weighted by molar-refractivity contribution is -0.147. The predicted octanol–water partition coefficient (Wildman–Crippen LogP) is 4.94. The summed E-state index contributed by atoms with van der Waals surface area (Å²) < 4.78 is 11.3. The number of ether oxygens (including phenoxy) is 2. The summed E-state index contributed by atoms with van der Waals surface area (Å²) in [5, 5.41) is 0. The Labute approximate surface area is 159 Å². The van der Waals surface area contributed by atoms with E-state index in [0.717, 1.165) is 17.6 Å². The first-order valence-corrected chi connectivity index (χ1v) is 9.07. The second-order valence-corrected chi connectivity index (χ2v) is 7.35. The van der Waals surface area contributed by atoms with E-state index in [-0.39, 0.29) is 29.8 Å². The van der Waals surface area contributed by atoms with Crippen molar-refractivity contribution in [1.82, 2.24) is 0 Å². The van der Waals surface area contributed by atoms with Crippen LogP contribution in [0.25, 0.3) is 0 Å². The van der Waals surface area contributed by atoms with Crippen LogP contribution in [0.2, 0.25) is 0 Å². The van der Waals surface area contributed by atoms with E-state index in [1.807, 2.05) is 75.4 Å². The maximum absolute atomic E-state index is 12.5. The zero-order chi connectivity index (χ0) is 19.4. The number of allylic oxidation sites excluding steroid dienone is 2. The summed E-state index contributed by atoms with van der Waals surface area (Å²) in [7, 11) is 0. The number of esters is 1. The summed E-state index contributed by atoms with van der Waals surface area (Å²) in [4.78, 5) is 23.7. The smallest absolute Gasteiger partial charge is 0.310 e. The number of carbonyl (C=O) groups is 2. The minimum atomic E-state index is -0.280. The molecule has 0 spiro atoms. The molecular weight excluding hydrogens is 340 g/mol. The highest BCUT2D eigenvalue weighted by molar-refractivity contribution is 5.84. The highest BCUT2D eigenvalue weighted by Gasteiger charge is 2.63. The molecule has 1 fully saturated rings. The van der Waals surface area contributed by atoms with Crippen LogP contribution in [0.15, 0.2) is 66.2 Å². The van der Waals surface area contributed by atoms with Crippen molar-refractivity contribution in [2.24, 2.45) is 17.3 Å². The van der Waals surface area contributed by atoms with Crippen LogP contribution in [-0.4, -0.2) is 12.3 Å². The zero-order valence-electron chi connectivity index (χ0n) is 15.8. The molecule has 1 aliphatic rings. The SMILES string of the molecule is C/C=C(/C=O)C1C(C(=O)OCc2cccc(Oc3ccccc3)c2)C1(C)C. The molecule has 4 nitrogen and oxygen atoms in total. The van der Waals surface area contributed by atoms with Gasteiger partial charge in [-0.05, 0) is 47.7 Å². The van der Waals surface area contributed by atoms with Crippen LogP contribution in [0.5, 0.6) is 11.5 Å². The van der Waals surface area contributed by atoms with Crippen molar-refractivity contribution < 1.29 is 19.1 Å². The summed E-state index contributed by atoms with van der Waals surface area (Å²) >= 11 is 0. The first-order valence-electron chi connectivity index (χ1n) is 9.07. The van der Waals surface area contributed by atoms with Crippen LogP contribution in [0.1, 0.15) is 26.3 Å². The number of rotatable bonds is 7. The Morgan fingerprint density at radius 1 is 1.04 bits per heavy atom. The minimum Gasteiger partial charge on any atom is -0.461 e. The number of para-hydroxylation sites is 1. The Hall–Kier alpha value is -2.88. The van der Waals surface area contributed by atoms with E-state index < -0.39 is 0 Å². The van der Waals surface area contributed by atoms with Crippen molar-refractivity contribution in [2.75, 3.05) is 0 Å². The molecule has 2 aromatic carbocycles. The van der Waals surface area contributed by atoms with Gasteiger partial charge in [-0.25, -0.2) is 0 Å². The molecule has 0 aromatic heterocycles. The molecule has 0 aliphatic heterocycles. The molecule has 0 saturated heterocycles. The van der Waals surface area contributed by atoms with Gasteiger partial charge in [-0.15, -0.1) is 0 Å². The van der Waals surface area contributed by atoms with Gasteiger partial charge in [-0.1, -0.05) is 50.3 Å². The lowest BCUT2D eigenvalue weighted by Crippen LogP contribution is -2.11. The van der Waals surface area contributed by atoms with Gasteiger partial charge in [0.15, 0.2) is 0 Å². The lowest BCUT2D eigenvalue weighted by Gasteiger charge is -2.09. The quantitative estimate of drug-likeness (QED) is 0.397. The fourth-order valence-electron chi connectivity index (χ4n) is 3.59. The van der Waals surface area contributed by atoms with Gasteiger partial charge in [0.2, 0.25) is 0 Å². The van der Waals surface area contributed by atoms with E-state index in [2.05, 4.69) is 0 Å². The molecule has 140 valence electrons. The Bertz CT molecular complexity index is 852. The summed E-state index contributed by atoms with van der Waals surface area (Å²) in [6, 6.07) is 17.0. The second-order valence-electron chi connectivity index (χ2n) is 7.35. The zero-order valence-corrected chi connectivity index (χ0v) is 15.8. The fraction of sp³-hybridized carbons (Fsp3) is 0.304. The molecule has 1 aliphatic carbocycles. The topological polar surface area (TPSA) is 52.6 Å². The summed E-state index contributed by atoms with van der Waals surface area (Å²) in [6.07, 6.45) is 2.61. The van der Waals surface area contributed by atoms with Crippen LogP contribution in [0, 0.1) is 17.3 Å². The molecule has 0 radical (unpaired) electrons. The van der Waals surface area contributed by atoms with Crippen LogP contribution in [-0.2, 0) is 20.9 Å². The Kier molecular flexibility index (Phi) is 5.45. The van der Waals surface area contributed by atoms with Crippen molar-refractivity contribution in [3.8, 4) is 11.5 Å². The van der Waals surface area contributed by atoms with Gasteiger partial charge in [-0.2, -0.15) is 0 Å². The molecule has 27 heavy (non-hydrogen) atoms. The monoisotopic (exact) mass is 364 g/mol. The minimum absolute atomic E-state index is 0.0692. The van der Waals surface area contributed by atoms with Gasteiger partial charge in [0.1, 0.15) is 24.4 Å². The van der Waals surface area contributed by atoms with E-state index in [0.29, 0.717) is 11.3 Å². The molecule has 2 atom stereocenters. The average molecular weight is 364 g/mol. The number of carbonyl (C=O) groups excluding carboxylic acids is 2. The van der Waals surface area contributed by atoms with E-state index in [9.17, 15) is 9.59 Å². The van der Waals surface area contributed by atoms with Crippen molar-refractivity contribution in [3.05, 3.63) is 71.8 Å².